The van der Waals surface area contributed by atoms with Gasteiger partial charge in [0.1, 0.15) is 11.9 Å². The summed E-state index contributed by atoms with van der Waals surface area (Å²) in [6.45, 7) is 1.74. The molecule has 0 fully saturated rings. The monoisotopic (exact) mass is 324 g/mol. The fraction of sp³-hybridized carbons (Fsp3) is 0.231. The Morgan fingerprint density at radius 2 is 1.95 bits per heavy atom. The van der Waals surface area contributed by atoms with Gasteiger partial charge in [0, 0.05) is 0 Å². The van der Waals surface area contributed by atoms with Gasteiger partial charge < -0.3 is 5.11 Å². The zero-order valence-corrected chi connectivity index (χ0v) is 11.7. The molecule has 1 N–H and O–H groups in total. The van der Waals surface area contributed by atoms with Gasteiger partial charge in [0.05, 0.1) is 15.5 Å². The largest absolute Gasteiger partial charge is 0.419 e. The van der Waals surface area contributed by atoms with Crippen LogP contribution in [0.4, 0.5) is 17.6 Å². The molecule has 20 heavy (non-hydrogen) atoms. The fourth-order valence-corrected chi connectivity index (χ4v) is 3.02. The standard InChI is InChI=1S/C13H9ClF4OS/c1-6-5-20-12(10(6)14)11(19)7-2-3-8(9(15)4-7)13(16,17)18/h2-5,11,19H,1H3. The lowest BCUT2D eigenvalue weighted by Gasteiger charge is -2.13. The molecule has 108 valence electrons. The summed E-state index contributed by atoms with van der Waals surface area (Å²) in [5.41, 5.74) is -0.584. The first kappa shape index (κ1) is 15.3. The molecule has 1 aromatic carbocycles. The first-order valence-electron chi connectivity index (χ1n) is 5.50. The minimum Gasteiger partial charge on any atom is -0.383 e. The van der Waals surface area contributed by atoms with E-state index in [0.717, 1.165) is 11.6 Å². The Labute approximate surface area is 121 Å². The number of aryl methyl sites for hydroxylation is 1. The summed E-state index contributed by atoms with van der Waals surface area (Å²) < 4.78 is 50.8. The number of aliphatic hydroxyl groups excluding tert-OH is 1. The lowest BCUT2D eigenvalue weighted by Crippen LogP contribution is -2.09. The Morgan fingerprint density at radius 3 is 2.40 bits per heavy atom. The predicted octanol–water partition coefficient (Wildman–Crippen LogP) is 4.95. The van der Waals surface area contributed by atoms with Crippen molar-refractivity contribution in [2.45, 2.75) is 19.2 Å². The Bertz CT molecular complexity index is 636. The topological polar surface area (TPSA) is 20.2 Å². The molecule has 1 atom stereocenters. The minimum atomic E-state index is -4.76. The van der Waals surface area contributed by atoms with Crippen LogP contribution < -0.4 is 0 Å². The highest BCUT2D eigenvalue weighted by atomic mass is 35.5. The van der Waals surface area contributed by atoms with Crippen LogP contribution in [0.2, 0.25) is 5.02 Å². The van der Waals surface area contributed by atoms with Gasteiger partial charge in [-0.1, -0.05) is 17.7 Å². The Morgan fingerprint density at radius 1 is 1.30 bits per heavy atom. The van der Waals surface area contributed by atoms with Gasteiger partial charge in [-0.3, -0.25) is 0 Å². The van der Waals surface area contributed by atoms with E-state index in [4.69, 9.17) is 11.6 Å². The second kappa shape index (κ2) is 5.35. The number of benzene rings is 1. The molecule has 0 saturated carbocycles. The molecule has 2 rings (SSSR count). The Hall–Kier alpha value is -1.11. The number of hydrogen-bond donors (Lipinski definition) is 1. The maximum absolute atomic E-state index is 13.5. The number of thiophene rings is 1. The van der Waals surface area contributed by atoms with E-state index >= 15 is 0 Å². The van der Waals surface area contributed by atoms with E-state index in [0.29, 0.717) is 22.0 Å². The Kier molecular flexibility index (Phi) is 4.09. The highest BCUT2D eigenvalue weighted by Crippen LogP contribution is 2.37. The number of halogens is 5. The average Bonchev–Trinajstić information content (AvgIpc) is 2.67. The number of rotatable bonds is 2. The van der Waals surface area contributed by atoms with Crippen molar-refractivity contribution in [3.05, 3.63) is 56.0 Å². The van der Waals surface area contributed by atoms with E-state index in [1.54, 1.807) is 12.3 Å². The third-order valence-corrected chi connectivity index (χ3v) is 4.55. The molecule has 7 heteroatoms. The maximum atomic E-state index is 13.5. The van der Waals surface area contributed by atoms with Gasteiger partial charge in [0.2, 0.25) is 0 Å². The zero-order valence-electron chi connectivity index (χ0n) is 10.1. The van der Waals surface area contributed by atoms with Crippen LogP contribution in [0.3, 0.4) is 0 Å². The van der Waals surface area contributed by atoms with Gasteiger partial charge in [0.15, 0.2) is 0 Å². The number of aliphatic hydroxyl groups is 1. The Balaban J connectivity index is 2.39. The lowest BCUT2D eigenvalue weighted by atomic mass is 10.0. The van der Waals surface area contributed by atoms with Crippen molar-refractivity contribution in [3.63, 3.8) is 0 Å². The quantitative estimate of drug-likeness (QED) is 0.775. The lowest BCUT2D eigenvalue weighted by molar-refractivity contribution is -0.140. The SMILES string of the molecule is Cc1csc(C(O)c2ccc(C(F)(F)F)c(F)c2)c1Cl. The summed E-state index contributed by atoms with van der Waals surface area (Å²) >= 11 is 7.14. The molecule has 1 heterocycles. The van der Waals surface area contributed by atoms with Crippen molar-refractivity contribution in [2.75, 3.05) is 0 Å². The molecule has 1 aromatic heterocycles. The summed E-state index contributed by atoms with van der Waals surface area (Å²) in [5.74, 6) is -1.42. The average molecular weight is 325 g/mol. The van der Waals surface area contributed by atoms with E-state index in [2.05, 4.69) is 0 Å². The highest BCUT2D eigenvalue weighted by molar-refractivity contribution is 7.10. The molecule has 0 aliphatic rings. The van der Waals surface area contributed by atoms with Crippen LogP contribution in [0.15, 0.2) is 23.6 Å². The predicted molar refractivity (Wildman–Crippen MR) is 69.5 cm³/mol. The molecule has 0 aliphatic carbocycles. The third-order valence-electron chi connectivity index (χ3n) is 2.79. The maximum Gasteiger partial charge on any atom is 0.419 e. The first-order valence-corrected chi connectivity index (χ1v) is 6.75. The molecular formula is C13H9ClF4OS. The van der Waals surface area contributed by atoms with Gasteiger partial charge in [-0.05, 0) is 35.6 Å². The smallest absolute Gasteiger partial charge is 0.383 e. The van der Waals surface area contributed by atoms with E-state index in [1.807, 2.05) is 0 Å². The number of hydrogen-bond acceptors (Lipinski definition) is 2. The van der Waals surface area contributed by atoms with Crippen LogP contribution >= 0.6 is 22.9 Å². The molecule has 2 aromatic rings. The molecule has 0 saturated heterocycles. The van der Waals surface area contributed by atoms with Crippen LogP contribution in [0.1, 0.15) is 27.7 Å². The summed E-state index contributed by atoms with van der Waals surface area (Å²) in [4.78, 5) is 0.378. The van der Waals surface area contributed by atoms with Crippen LogP contribution in [0.5, 0.6) is 0 Å². The summed E-state index contributed by atoms with van der Waals surface area (Å²) in [6.07, 6.45) is -6.01. The van der Waals surface area contributed by atoms with Gasteiger partial charge in [0.25, 0.3) is 0 Å². The van der Waals surface area contributed by atoms with Gasteiger partial charge in [-0.15, -0.1) is 11.3 Å². The van der Waals surface area contributed by atoms with E-state index in [-0.39, 0.29) is 5.56 Å². The van der Waals surface area contributed by atoms with Gasteiger partial charge in [-0.2, -0.15) is 13.2 Å². The second-order valence-corrected chi connectivity index (χ2v) is 5.53. The third kappa shape index (κ3) is 2.82. The van der Waals surface area contributed by atoms with Crippen LogP contribution in [0, 0.1) is 12.7 Å². The second-order valence-electron chi connectivity index (χ2n) is 4.24. The molecule has 0 radical (unpaired) electrons. The van der Waals surface area contributed by atoms with E-state index in [1.165, 1.54) is 11.3 Å². The summed E-state index contributed by atoms with van der Waals surface area (Å²) in [6, 6.07) is 2.34. The summed E-state index contributed by atoms with van der Waals surface area (Å²) in [5, 5.41) is 12.1. The fourth-order valence-electron chi connectivity index (χ4n) is 1.72. The van der Waals surface area contributed by atoms with Crippen molar-refractivity contribution in [3.8, 4) is 0 Å². The van der Waals surface area contributed by atoms with Crippen molar-refractivity contribution < 1.29 is 22.7 Å². The van der Waals surface area contributed by atoms with Crippen LogP contribution in [0.25, 0.3) is 0 Å². The molecule has 1 unspecified atom stereocenters. The van der Waals surface area contributed by atoms with Crippen molar-refractivity contribution in [1.82, 2.24) is 0 Å². The molecule has 0 amide bonds. The molecule has 0 aliphatic heterocycles. The first-order chi connectivity index (χ1) is 9.21. The highest BCUT2D eigenvalue weighted by Gasteiger charge is 2.34. The van der Waals surface area contributed by atoms with E-state index in [9.17, 15) is 22.7 Å². The van der Waals surface area contributed by atoms with Crippen LogP contribution in [-0.2, 0) is 6.18 Å². The minimum absolute atomic E-state index is 0.0271. The van der Waals surface area contributed by atoms with Crippen LogP contribution in [-0.4, -0.2) is 5.11 Å². The normalized spacial score (nSPS) is 13.6. The van der Waals surface area contributed by atoms with Crippen molar-refractivity contribution >= 4 is 22.9 Å². The number of alkyl halides is 3. The van der Waals surface area contributed by atoms with Gasteiger partial charge in [-0.25, -0.2) is 4.39 Å². The van der Waals surface area contributed by atoms with Crippen molar-refractivity contribution in [2.24, 2.45) is 0 Å². The van der Waals surface area contributed by atoms with Crippen molar-refractivity contribution in [1.29, 1.82) is 0 Å². The molecule has 1 nitrogen and oxygen atoms in total. The molecule has 0 bridgehead atoms. The molecular weight excluding hydrogens is 316 g/mol. The van der Waals surface area contributed by atoms with Gasteiger partial charge >= 0.3 is 6.18 Å². The zero-order chi connectivity index (χ0) is 15.1. The van der Waals surface area contributed by atoms with E-state index < -0.39 is 23.7 Å². The molecule has 0 spiro atoms. The summed E-state index contributed by atoms with van der Waals surface area (Å²) in [7, 11) is 0.